The molecule has 3 rings (SSSR count). The maximum absolute atomic E-state index is 12.2. The molecule has 1 fully saturated rings. The zero-order valence-corrected chi connectivity index (χ0v) is 12.0. The Kier molecular flexibility index (Phi) is 4.13. The van der Waals surface area contributed by atoms with E-state index < -0.39 is 0 Å². The van der Waals surface area contributed by atoms with Crippen LogP contribution < -0.4 is 5.56 Å². The molecule has 5 heteroatoms. The van der Waals surface area contributed by atoms with Gasteiger partial charge in [-0.3, -0.25) is 9.78 Å². The molecule has 0 atom stereocenters. The summed E-state index contributed by atoms with van der Waals surface area (Å²) < 4.78 is 12.5. The third kappa shape index (κ3) is 3.04. The summed E-state index contributed by atoms with van der Waals surface area (Å²) in [4.78, 5) is 16.6. The van der Waals surface area contributed by atoms with Crippen LogP contribution in [0.15, 0.2) is 35.3 Å². The minimum Gasteiger partial charge on any atom is -0.348 e. The first-order valence-electron chi connectivity index (χ1n) is 7.17. The van der Waals surface area contributed by atoms with Gasteiger partial charge in [-0.05, 0) is 24.1 Å². The smallest absolute Gasteiger partial charge is 0.251 e. The van der Waals surface area contributed by atoms with Gasteiger partial charge in [0.05, 0.1) is 30.8 Å². The van der Waals surface area contributed by atoms with Crippen LogP contribution in [-0.4, -0.2) is 29.1 Å². The molecule has 3 heterocycles. The maximum Gasteiger partial charge on any atom is 0.251 e. The Bertz CT molecular complexity index is 715. The third-order valence-electron chi connectivity index (χ3n) is 3.43. The Morgan fingerprint density at radius 2 is 2.19 bits per heavy atom. The van der Waals surface area contributed by atoms with Crippen molar-refractivity contribution in [1.29, 1.82) is 0 Å². The van der Waals surface area contributed by atoms with Gasteiger partial charge in [-0.2, -0.15) is 0 Å². The van der Waals surface area contributed by atoms with Crippen LogP contribution in [0.25, 0.3) is 17.1 Å². The van der Waals surface area contributed by atoms with Gasteiger partial charge in [0.15, 0.2) is 6.29 Å². The monoisotopic (exact) mass is 286 g/mol. The SMILES string of the molecule is CC/C=C/c1cnc2ccc(=O)n(CC3OCCO3)c2c1. The van der Waals surface area contributed by atoms with Gasteiger partial charge in [0.25, 0.3) is 5.56 Å². The second-order valence-corrected chi connectivity index (χ2v) is 4.94. The Balaban J connectivity index is 2.04. The van der Waals surface area contributed by atoms with Crippen molar-refractivity contribution in [3.05, 3.63) is 46.4 Å². The fraction of sp³-hybridized carbons (Fsp3) is 0.375. The van der Waals surface area contributed by atoms with Crippen LogP contribution >= 0.6 is 0 Å². The van der Waals surface area contributed by atoms with Crippen LogP contribution in [0.3, 0.4) is 0 Å². The standard InChI is InChI=1S/C16H18N2O3/c1-2-3-4-12-9-14-13(17-10-12)5-6-15(19)18(14)11-16-20-7-8-21-16/h3-6,9-10,16H,2,7-8,11H2,1H3/b4-3+. The lowest BCUT2D eigenvalue weighted by Gasteiger charge is -2.14. The van der Waals surface area contributed by atoms with Crippen LogP contribution in [0.5, 0.6) is 0 Å². The zero-order valence-electron chi connectivity index (χ0n) is 12.0. The molecule has 0 unspecified atom stereocenters. The molecular formula is C16H18N2O3. The Hall–Kier alpha value is -1.98. The highest BCUT2D eigenvalue weighted by Gasteiger charge is 2.18. The lowest BCUT2D eigenvalue weighted by Crippen LogP contribution is -2.27. The van der Waals surface area contributed by atoms with E-state index in [-0.39, 0.29) is 11.8 Å². The van der Waals surface area contributed by atoms with Crippen molar-refractivity contribution in [3.8, 4) is 0 Å². The first-order chi connectivity index (χ1) is 10.3. The van der Waals surface area contributed by atoms with Crippen molar-refractivity contribution in [2.24, 2.45) is 0 Å². The first kappa shape index (κ1) is 14.0. The lowest BCUT2D eigenvalue weighted by molar-refractivity contribution is -0.0522. The number of aromatic nitrogens is 2. The van der Waals surface area contributed by atoms with E-state index in [1.807, 2.05) is 18.3 Å². The molecule has 2 aromatic heterocycles. The zero-order chi connectivity index (χ0) is 14.7. The van der Waals surface area contributed by atoms with Crippen molar-refractivity contribution in [3.63, 3.8) is 0 Å². The Labute approximate surface area is 122 Å². The van der Waals surface area contributed by atoms with Crippen molar-refractivity contribution >= 4 is 17.1 Å². The second-order valence-electron chi connectivity index (χ2n) is 4.94. The fourth-order valence-electron chi connectivity index (χ4n) is 2.38. The van der Waals surface area contributed by atoms with Crippen molar-refractivity contribution in [2.75, 3.05) is 13.2 Å². The predicted octanol–water partition coefficient (Wildman–Crippen LogP) is 2.19. The number of hydrogen-bond donors (Lipinski definition) is 0. The lowest BCUT2D eigenvalue weighted by atomic mass is 10.2. The molecule has 110 valence electrons. The average molecular weight is 286 g/mol. The van der Waals surface area contributed by atoms with E-state index in [9.17, 15) is 4.79 Å². The first-order valence-corrected chi connectivity index (χ1v) is 7.17. The molecule has 0 spiro atoms. The molecule has 1 saturated heterocycles. The highest BCUT2D eigenvalue weighted by Crippen LogP contribution is 2.15. The highest BCUT2D eigenvalue weighted by molar-refractivity contribution is 5.77. The van der Waals surface area contributed by atoms with Gasteiger partial charge < -0.3 is 14.0 Å². The highest BCUT2D eigenvalue weighted by atomic mass is 16.7. The van der Waals surface area contributed by atoms with E-state index in [1.165, 1.54) is 6.07 Å². The molecule has 5 nitrogen and oxygen atoms in total. The molecule has 1 aliphatic rings. The number of allylic oxidation sites excluding steroid dienone is 1. The van der Waals surface area contributed by atoms with Gasteiger partial charge in [0, 0.05) is 12.3 Å². The van der Waals surface area contributed by atoms with Crippen LogP contribution in [0, 0.1) is 0 Å². The number of ether oxygens (including phenoxy) is 2. The molecule has 0 saturated carbocycles. The normalized spacial score (nSPS) is 16.2. The van der Waals surface area contributed by atoms with E-state index >= 15 is 0 Å². The molecule has 0 aliphatic carbocycles. The molecule has 0 radical (unpaired) electrons. The van der Waals surface area contributed by atoms with E-state index in [0.29, 0.717) is 19.8 Å². The molecule has 0 amide bonds. The van der Waals surface area contributed by atoms with Crippen molar-refractivity contribution in [2.45, 2.75) is 26.2 Å². The Morgan fingerprint density at radius 1 is 1.38 bits per heavy atom. The summed E-state index contributed by atoms with van der Waals surface area (Å²) in [6.45, 7) is 3.62. The summed E-state index contributed by atoms with van der Waals surface area (Å²) in [5.41, 5.74) is 2.51. The summed E-state index contributed by atoms with van der Waals surface area (Å²) in [6, 6.07) is 5.26. The topological polar surface area (TPSA) is 53.4 Å². The van der Waals surface area contributed by atoms with Crippen LogP contribution in [0.2, 0.25) is 0 Å². The summed E-state index contributed by atoms with van der Waals surface area (Å²) in [7, 11) is 0. The summed E-state index contributed by atoms with van der Waals surface area (Å²) in [5.74, 6) is 0. The minimum atomic E-state index is -0.358. The van der Waals surface area contributed by atoms with Crippen molar-refractivity contribution < 1.29 is 9.47 Å². The molecule has 2 aromatic rings. The molecule has 0 aromatic carbocycles. The molecule has 0 N–H and O–H groups in total. The van der Waals surface area contributed by atoms with Gasteiger partial charge in [-0.1, -0.05) is 19.1 Å². The summed E-state index contributed by atoms with van der Waals surface area (Å²) in [5, 5.41) is 0. The summed E-state index contributed by atoms with van der Waals surface area (Å²) >= 11 is 0. The molecule has 1 aliphatic heterocycles. The predicted molar refractivity (Wildman–Crippen MR) is 81.0 cm³/mol. The second kappa shape index (κ2) is 6.20. The quantitative estimate of drug-likeness (QED) is 0.864. The number of rotatable bonds is 4. The minimum absolute atomic E-state index is 0.0694. The van der Waals surface area contributed by atoms with Gasteiger partial charge in [-0.15, -0.1) is 0 Å². The van der Waals surface area contributed by atoms with Gasteiger partial charge in [0.2, 0.25) is 0 Å². The average Bonchev–Trinajstić information content (AvgIpc) is 3.01. The van der Waals surface area contributed by atoms with E-state index in [1.54, 1.807) is 10.6 Å². The largest absolute Gasteiger partial charge is 0.348 e. The number of pyridine rings is 2. The number of fused-ring (bicyclic) bond motifs is 1. The van der Waals surface area contributed by atoms with Gasteiger partial charge in [-0.25, -0.2) is 0 Å². The van der Waals surface area contributed by atoms with Gasteiger partial charge >= 0.3 is 0 Å². The van der Waals surface area contributed by atoms with Crippen LogP contribution in [-0.2, 0) is 16.0 Å². The van der Waals surface area contributed by atoms with Crippen LogP contribution in [0.4, 0.5) is 0 Å². The van der Waals surface area contributed by atoms with Crippen molar-refractivity contribution in [1.82, 2.24) is 9.55 Å². The fourth-order valence-corrected chi connectivity index (χ4v) is 2.38. The molecule has 21 heavy (non-hydrogen) atoms. The molecule has 0 bridgehead atoms. The number of nitrogens with zero attached hydrogens (tertiary/aromatic N) is 2. The summed E-state index contributed by atoms with van der Waals surface area (Å²) in [6.07, 6.45) is 6.49. The number of hydrogen-bond acceptors (Lipinski definition) is 4. The van der Waals surface area contributed by atoms with Crippen LogP contribution in [0.1, 0.15) is 18.9 Å². The van der Waals surface area contributed by atoms with E-state index in [4.69, 9.17) is 9.47 Å². The van der Waals surface area contributed by atoms with E-state index in [0.717, 1.165) is 23.0 Å². The van der Waals surface area contributed by atoms with E-state index in [2.05, 4.69) is 18.0 Å². The van der Waals surface area contributed by atoms with Gasteiger partial charge in [0.1, 0.15) is 0 Å². The molecular weight excluding hydrogens is 268 g/mol. The Morgan fingerprint density at radius 3 is 2.95 bits per heavy atom. The maximum atomic E-state index is 12.2. The third-order valence-corrected chi connectivity index (χ3v) is 3.43.